The van der Waals surface area contributed by atoms with Gasteiger partial charge in [-0.15, -0.1) is 0 Å². The van der Waals surface area contributed by atoms with Crippen LogP contribution in [0.15, 0.2) is 60.7 Å². The van der Waals surface area contributed by atoms with Gasteiger partial charge in [-0.3, -0.25) is 29.0 Å². The summed E-state index contributed by atoms with van der Waals surface area (Å²) in [6.45, 7) is 4.12. The lowest BCUT2D eigenvalue weighted by atomic mass is 9.92. The molecule has 1 N–H and O–H groups in total. The minimum atomic E-state index is -0.279. The quantitative estimate of drug-likeness (QED) is 0.0830. The number of carbonyl (C=O) groups excluding carboxylic acids is 4. The van der Waals surface area contributed by atoms with Gasteiger partial charge in [0.25, 0.3) is 23.6 Å². The van der Waals surface area contributed by atoms with Crippen molar-refractivity contribution in [3.63, 3.8) is 0 Å². The van der Waals surface area contributed by atoms with Gasteiger partial charge in [0.15, 0.2) is 0 Å². The van der Waals surface area contributed by atoms with Crippen molar-refractivity contribution in [2.45, 2.75) is 12.8 Å². The fourth-order valence-electron chi connectivity index (χ4n) is 7.07. The fourth-order valence-corrected chi connectivity index (χ4v) is 8.97. The van der Waals surface area contributed by atoms with Crippen molar-refractivity contribution in [1.29, 1.82) is 0 Å². The number of hydrogen-bond acceptors (Lipinski definition) is 10. The molecule has 0 radical (unpaired) electrons. The third-order valence-corrected chi connectivity index (χ3v) is 12.0. The van der Waals surface area contributed by atoms with Crippen molar-refractivity contribution >= 4 is 78.1 Å². The number of hydrogen-bond donors (Lipinski definition) is 1. The standard InChI is InChI=1S/C39H46N6O4S2/c1-40-18-8-20-42(4)32-16-14-30-34-26(32)10-6-12-28(34)36(46)44(38(30)48)22-24-50-51-25-23-45-37(47)29-13-7-11-27-33(43(5)21-9-19-41(2)3)17-15-31(35(27)29)39(45)49/h6-7,10-17,40H,8-9,18-25H2,1-5H3. The number of nitrogens with one attached hydrogen (secondary N) is 1. The van der Waals surface area contributed by atoms with Crippen LogP contribution in [-0.2, 0) is 0 Å². The van der Waals surface area contributed by atoms with Crippen LogP contribution in [0.5, 0.6) is 0 Å². The van der Waals surface area contributed by atoms with Crippen molar-refractivity contribution < 1.29 is 19.2 Å². The largest absolute Gasteiger partial charge is 0.374 e. The second kappa shape index (κ2) is 16.1. The van der Waals surface area contributed by atoms with Crippen molar-refractivity contribution in [2.24, 2.45) is 0 Å². The highest BCUT2D eigenvalue weighted by molar-refractivity contribution is 8.76. The number of rotatable bonds is 17. The van der Waals surface area contributed by atoms with E-state index in [0.29, 0.717) is 33.8 Å². The van der Waals surface area contributed by atoms with E-state index in [1.54, 1.807) is 12.1 Å². The van der Waals surface area contributed by atoms with E-state index in [-0.39, 0.29) is 36.7 Å². The van der Waals surface area contributed by atoms with Crippen molar-refractivity contribution in [3.05, 3.63) is 82.9 Å². The van der Waals surface area contributed by atoms with Crippen LogP contribution in [0, 0.1) is 0 Å². The molecule has 10 nitrogen and oxygen atoms in total. The van der Waals surface area contributed by atoms with Crippen molar-refractivity contribution in [3.8, 4) is 0 Å². The predicted octanol–water partition coefficient (Wildman–Crippen LogP) is 5.70. The molecule has 4 amide bonds. The van der Waals surface area contributed by atoms with Crippen LogP contribution in [-0.4, -0.2) is 124 Å². The minimum Gasteiger partial charge on any atom is -0.374 e. The molecule has 0 bridgehead atoms. The summed E-state index contributed by atoms with van der Waals surface area (Å²) in [6.07, 6.45) is 1.97. The number of carbonyl (C=O) groups is 4. The lowest BCUT2D eigenvalue weighted by molar-refractivity contribution is 0.0605. The summed E-state index contributed by atoms with van der Waals surface area (Å²) in [7, 11) is 13.2. The highest BCUT2D eigenvalue weighted by Crippen LogP contribution is 2.38. The minimum absolute atomic E-state index is 0.264. The van der Waals surface area contributed by atoms with Gasteiger partial charge in [0.2, 0.25) is 0 Å². The van der Waals surface area contributed by atoms with E-state index in [2.05, 4.69) is 34.1 Å². The Labute approximate surface area is 307 Å². The Morgan fingerprint density at radius 3 is 1.43 bits per heavy atom. The maximum atomic E-state index is 13.6. The van der Waals surface area contributed by atoms with Gasteiger partial charge in [-0.1, -0.05) is 45.9 Å². The first-order chi connectivity index (χ1) is 24.6. The van der Waals surface area contributed by atoms with Gasteiger partial charge in [0.1, 0.15) is 0 Å². The van der Waals surface area contributed by atoms with Gasteiger partial charge in [0.05, 0.1) is 0 Å². The smallest absolute Gasteiger partial charge is 0.261 e. The molecule has 0 spiro atoms. The topological polar surface area (TPSA) is 96.5 Å². The van der Waals surface area contributed by atoms with Crippen LogP contribution >= 0.6 is 21.6 Å². The average Bonchev–Trinajstić information content (AvgIpc) is 3.12. The van der Waals surface area contributed by atoms with E-state index in [0.717, 1.165) is 71.9 Å². The van der Waals surface area contributed by atoms with Gasteiger partial charge in [-0.25, -0.2) is 0 Å². The van der Waals surface area contributed by atoms with Gasteiger partial charge in [0, 0.05) is 107 Å². The van der Waals surface area contributed by atoms with Crippen LogP contribution in [0.3, 0.4) is 0 Å². The van der Waals surface area contributed by atoms with E-state index in [4.69, 9.17) is 0 Å². The Hall–Kier alpha value is -4.10. The second-order valence-corrected chi connectivity index (χ2v) is 16.0. The molecule has 0 aromatic heterocycles. The number of imide groups is 2. The molecule has 4 aromatic carbocycles. The van der Waals surface area contributed by atoms with Gasteiger partial charge < -0.3 is 20.0 Å². The molecule has 0 atom stereocenters. The Kier molecular flexibility index (Phi) is 11.6. The molecule has 4 aromatic rings. The molecule has 6 rings (SSSR count). The summed E-state index contributed by atoms with van der Waals surface area (Å²) in [6, 6.07) is 19.0. The maximum Gasteiger partial charge on any atom is 0.261 e. The van der Waals surface area contributed by atoms with Crippen LogP contribution in [0.4, 0.5) is 11.4 Å². The molecule has 2 heterocycles. The summed E-state index contributed by atoms with van der Waals surface area (Å²) in [5.41, 5.74) is 4.20. The first-order valence-electron chi connectivity index (χ1n) is 17.4. The van der Waals surface area contributed by atoms with Crippen LogP contribution in [0.1, 0.15) is 54.3 Å². The third kappa shape index (κ3) is 7.32. The molecule has 2 aliphatic heterocycles. The first-order valence-corrected chi connectivity index (χ1v) is 19.9. The summed E-state index contributed by atoms with van der Waals surface area (Å²) in [4.78, 5) is 63.6. The number of benzene rings is 4. The van der Waals surface area contributed by atoms with Gasteiger partial charge >= 0.3 is 0 Å². The average molecular weight is 727 g/mol. The number of anilines is 2. The summed E-state index contributed by atoms with van der Waals surface area (Å²) in [5, 5.41) is 6.44. The van der Waals surface area contributed by atoms with Crippen molar-refractivity contribution in [2.75, 3.05) is 95.8 Å². The zero-order valence-corrected chi connectivity index (χ0v) is 31.7. The highest BCUT2D eigenvalue weighted by Gasteiger charge is 2.35. The molecule has 0 unspecified atom stereocenters. The molecule has 2 aliphatic rings. The lowest BCUT2D eigenvalue weighted by Gasteiger charge is -2.29. The summed E-state index contributed by atoms with van der Waals surface area (Å²) < 4.78 is 0. The molecule has 0 aliphatic carbocycles. The molecule has 268 valence electrons. The predicted molar refractivity (Wildman–Crippen MR) is 212 cm³/mol. The zero-order valence-electron chi connectivity index (χ0n) is 30.0. The molecule has 12 heteroatoms. The SMILES string of the molecule is CNCCCN(C)c1ccc2c3c(cccc13)C(=O)N(CCSSCCN1C(=O)c3cccc4c(N(C)CCCN(C)C)ccc(c34)C1=O)C2=O. The fraction of sp³-hybridized carbons (Fsp3) is 0.385. The zero-order chi connectivity index (χ0) is 36.2. The van der Waals surface area contributed by atoms with E-state index >= 15 is 0 Å². The maximum absolute atomic E-state index is 13.6. The Morgan fingerprint density at radius 2 is 1.00 bits per heavy atom. The van der Waals surface area contributed by atoms with E-state index in [1.807, 2.05) is 69.7 Å². The Morgan fingerprint density at radius 1 is 0.569 bits per heavy atom. The molecule has 51 heavy (non-hydrogen) atoms. The normalized spacial score (nSPS) is 14.1. The molecule has 0 fully saturated rings. The summed E-state index contributed by atoms with van der Waals surface area (Å²) >= 11 is 0. The number of amides is 4. The summed E-state index contributed by atoms with van der Waals surface area (Å²) in [5.74, 6) is -0.0666. The van der Waals surface area contributed by atoms with E-state index in [9.17, 15) is 19.2 Å². The van der Waals surface area contributed by atoms with Crippen molar-refractivity contribution in [1.82, 2.24) is 20.0 Å². The molecular weight excluding hydrogens is 681 g/mol. The van der Waals surface area contributed by atoms with Crippen LogP contribution < -0.4 is 15.1 Å². The second-order valence-electron chi connectivity index (χ2n) is 13.3. The van der Waals surface area contributed by atoms with Crippen LogP contribution in [0.25, 0.3) is 21.5 Å². The Balaban J connectivity index is 1.05. The third-order valence-electron chi connectivity index (χ3n) is 9.66. The molecular formula is C39H46N6O4S2. The Bertz CT molecular complexity index is 1940. The monoisotopic (exact) mass is 726 g/mol. The van der Waals surface area contributed by atoms with Gasteiger partial charge in [-0.2, -0.15) is 0 Å². The highest BCUT2D eigenvalue weighted by atomic mass is 33.1. The number of nitrogens with zero attached hydrogens (tertiary/aromatic N) is 5. The van der Waals surface area contributed by atoms with E-state index in [1.165, 1.54) is 31.4 Å². The molecule has 0 saturated heterocycles. The van der Waals surface area contributed by atoms with Crippen LogP contribution in [0.2, 0.25) is 0 Å². The lowest BCUT2D eigenvalue weighted by Crippen LogP contribution is -2.42. The molecule has 0 saturated carbocycles. The first kappa shape index (κ1) is 36.7. The van der Waals surface area contributed by atoms with Gasteiger partial charge in [-0.05, 0) is 83.5 Å². The van der Waals surface area contributed by atoms with E-state index < -0.39 is 0 Å².